The van der Waals surface area contributed by atoms with E-state index >= 15 is 0 Å². The maximum atomic E-state index is 12.7. The van der Waals surface area contributed by atoms with Crippen molar-refractivity contribution < 1.29 is 14.3 Å². The first kappa shape index (κ1) is 20.9. The van der Waals surface area contributed by atoms with Gasteiger partial charge in [-0.2, -0.15) is 5.26 Å². The van der Waals surface area contributed by atoms with Crippen molar-refractivity contribution >= 4 is 51.6 Å². The number of thiazole rings is 1. The first-order valence-electron chi connectivity index (χ1n) is 9.10. The number of benzene rings is 1. The van der Waals surface area contributed by atoms with E-state index in [1.54, 1.807) is 38.2 Å². The van der Waals surface area contributed by atoms with Crippen molar-refractivity contribution in [1.82, 2.24) is 9.55 Å². The van der Waals surface area contributed by atoms with E-state index in [1.165, 1.54) is 10.8 Å². The molecule has 2 heterocycles. The molecule has 0 aliphatic heterocycles. The van der Waals surface area contributed by atoms with Gasteiger partial charge in [-0.1, -0.05) is 0 Å². The Morgan fingerprint density at radius 2 is 2.17 bits per heavy atom. The number of rotatable bonds is 6. The molecule has 0 spiro atoms. The monoisotopic (exact) mass is 425 g/mol. The number of amides is 1. The SMILES string of the molecule is CCOC(=O)C(C#N)=c1sc(=CNc2ccc3[nH]cc(C(N)=O)c3c2)c(=O)n1CC. The fourth-order valence-corrected chi connectivity index (χ4v) is 4.02. The third-order valence-electron chi connectivity index (χ3n) is 4.35. The number of carbonyl (C=O) groups is 2. The Bertz CT molecular complexity index is 1360. The second kappa shape index (κ2) is 8.67. The zero-order valence-corrected chi connectivity index (χ0v) is 17.1. The molecule has 2 aromatic heterocycles. The van der Waals surface area contributed by atoms with Gasteiger partial charge >= 0.3 is 5.97 Å². The van der Waals surface area contributed by atoms with E-state index in [0.29, 0.717) is 27.7 Å². The number of carbonyl (C=O) groups excluding carboxylic acids is 2. The van der Waals surface area contributed by atoms with E-state index in [9.17, 15) is 19.6 Å². The smallest absolute Gasteiger partial charge is 0.351 e. The molecule has 4 N–H and O–H groups in total. The molecule has 0 aliphatic carbocycles. The van der Waals surface area contributed by atoms with E-state index in [0.717, 1.165) is 16.9 Å². The number of nitrogens with one attached hydrogen (secondary N) is 2. The van der Waals surface area contributed by atoms with Crippen LogP contribution in [-0.4, -0.2) is 28.0 Å². The standard InChI is InChI=1S/C20H19N5O4S/c1-3-25-18(27)16(30-19(25)13(8-21)20(28)29-4-2)10-23-11-5-6-15-12(7-11)14(9-24-15)17(22)26/h5-7,9-10,23-24H,3-4H2,1-2H3,(H2,22,26). The van der Waals surface area contributed by atoms with Crippen molar-refractivity contribution in [2.75, 3.05) is 11.9 Å². The van der Waals surface area contributed by atoms with Gasteiger partial charge in [0.25, 0.3) is 11.5 Å². The Balaban J connectivity index is 2.08. The topological polar surface area (TPSA) is 143 Å². The second-order valence-electron chi connectivity index (χ2n) is 6.14. The molecule has 0 atom stereocenters. The van der Waals surface area contributed by atoms with Gasteiger partial charge in [-0.3, -0.25) is 14.2 Å². The molecule has 0 bridgehead atoms. The van der Waals surface area contributed by atoms with Gasteiger partial charge in [0, 0.05) is 35.5 Å². The summed E-state index contributed by atoms with van der Waals surface area (Å²) in [5.74, 6) is -1.31. The van der Waals surface area contributed by atoms with Gasteiger partial charge in [0.05, 0.1) is 12.2 Å². The summed E-state index contributed by atoms with van der Waals surface area (Å²) in [6.07, 6.45) is 3.04. The molecule has 0 unspecified atom stereocenters. The zero-order chi connectivity index (χ0) is 21.8. The maximum absolute atomic E-state index is 12.7. The van der Waals surface area contributed by atoms with Crippen LogP contribution >= 0.6 is 11.3 Å². The number of anilines is 1. The van der Waals surface area contributed by atoms with Crippen LogP contribution in [0.5, 0.6) is 0 Å². The van der Waals surface area contributed by atoms with Crippen LogP contribution in [0, 0.1) is 11.3 Å². The van der Waals surface area contributed by atoms with E-state index in [-0.39, 0.29) is 22.4 Å². The van der Waals surface area contributed by atoms with Crippen molar-refractivity contribution in [3.63, 3.8) is 0 Å². The molecular weight excluding hydrogens is 406 g/mol. The highest BCUT2D eigenvalue weighted by molar-refractivity contribution is 7.07. The summed E-state index contributed by atoms with van der Waals surface area (Å²) in [6.45, 7) is 3.81. The number of esters is 1. The average molecular weight is 425 g/mol. The molecule has 0 aliphatic rings. The normalized spacial score (nSPS) is 12.5. The molecule has 1 amide bonds. The van der Waals surface area contributed by atoms with Gasteiger partial charge in [0.1, 0.15) is 15.3 Å². The van der Waals surface area contributed by atoms with Crippen LogP contribution < -0.4 is 25.8 Å². The Kier molecular flexibility index (Phi) is 6.03. The first-order valence-corrected chi connectivity index (χ1v) is 9.91. The van der Waals surface area contributed by atoms with Crippen molar-refractivity contribution in [1.29, 1.82) is 5.26 Å². The summed E-state index contributed by atoms with van der Waals surface area (Å²) in [5.41, 5.74) is 6.60. The Morgan fingerprint density at radius 3 is 2.80 bits per heavy atom. The van der Waals surface area contributed by atoms with Gasteiger partial charge in [-0.15, -0.1) is 11.3 Å². The lowest BCUT2D eigenvalue weighted by Crippen LogP contribution is -2.32. The van der Waals surface area contributed by atoms with Crippen LogP contribution in [0.1, 0.15) is 24.2 Å². The second-order valence-corrected chi connectivity index (χ2v) is 7.17. The summed E-state index contributed by atoms with van der Waals surface area (Å²) in [4.78, 5) is 39.3. The Hall–Kier alpha value is -3.84. The molecule has 9 nitrogen and oxygen atoms in total. The number of hydrogen-bond acceptors (Lipinski definition) is 7. The van der Waals surface area contributed by atoms with Crippen molar-refractivity contribution in [2.24, 2.45) is 5.73 Å². The van der Waals surface area contributed by atoms with E-state index in [4.69, 9.17) is 10.5 Å². The summed E-state index contributed by atoms with van der Waals surface area (Å²) in [5, 5.41) is 13.1. The quantitative estimate of drug-likeness (QED) is 0.494. The third-order valence-corrected chi connectivity index (χ3v) is 5.48. The van der Waals surface area contributed by atoms with Crippen LogP contribution in [-0.2, 0) is 16.1 Å². The van der Waals surface area contributed by atoms with Crippen molar-refractivity contribution in [3.05, 3.63) is 49.5 Å². The minimum atomic E-state index is -0.764. The number of hydrogen-bond donors (Lipinski definition) is 3. The van der Waals surface area contributed by atoms with E-state index in [2.05, 4.69) is 10.3 Å². The number of nitrogens with zero attached hydrogens (tertiary/aromatic N) is 2. The number of ether oxygens (including phenoxy) is 1. The minimum Gasteiger partial charge on any atom is -0.462 e. The Labute approximate surface area is 174 Å². The highest BCUT2D eigenvalue weighted by Gasteiger charge is 2.16. The highest BCUT2D eigenvalue weighted by Crippen LogP contribution is 2.22. The third kappa shape index (κ3) is 3.83. The van der Waals surface area contributed by atoms with Crippen LogP contribution in [0.2, 0.25) is 0 Å². The molecule has 154 valence electrons. The Morgan fingerprint density at radius 1 is 1.40 bits per heavy atom. The van der Waals surface area contributed by atoms with Crippen LogP contribution in [0.4, 0.5) is 5.69 Å². The van der Waals surface area contributed by atoms with Gasteiger partial charge in [-0.25, -0.2) is 4.79 Å². The van der Waals surface area contributed by atoms with Gasteiger partial charge < -0.3 is 20.8 Å². The van der Waals surface area contributed by atoms with E-state index < -0.39 is 11.9 Å². The highest BCUT2D eigenvalue weighted by atomic mass is 32.1. The summed E-state index contributed by atoms with van der Waals surface area (Å²) >= 11 is 1.02. The zero-order valence-electron chi connectivity index (χ0n) is 16.3. The van der Waals surface area contributed by atoms with Crippen LogP contribution in [0.15, 0.2) is 29.2 Å². The molecule has 0 fully saturated rings. The predicted molar refractivity (Wildman–Crippen MR) is 114 cm³/mol. The van der Waals surface area contributed by atoms with Gasteiger partial charge in [0.2, 0.25) is 0 Å². The van der Waals surface area contributed by atoms with Gasteiger partial charge in [-0.05, 0) is 32.0 Å². The fraction of sp³-hybridized carbons (Fsp3) is 0.200. The van der Waals surface area contributed by atoms with Gasteiger partial charge in [0.15, 0.2) is 5.57 Å². The summed E-state index contributed by atoms with van der Waals surface area (Å²) in [7, 11) is 0. The van der Waals surface area contributed by atoms with Crippen LogP contribution in [0.3, 0.4) is 0 Å². The lowest BCUT2D eigenvalue weighted by molar-refractivity contribution is -0.136. The number of aromatic amines is 1. The minimum absolute atomic E-state index is 0.126. The predicted octanol–water partition coefficient (Wildman–Crippen LogP) is 0.597. The van der Waals surface area contributed by atoms with Crippen molar-refractivity contribution in [2.45, 2.75) is 20.4 Å². The number of nitriles is 1. The fourth-order valence-electron chi connectivity index (χ4n) is 2.94. The average Bonchev–Trinajstić information content (AvgIpc) is 3.28. The number of H-pyrrole nitrogens is 1. The van der Waals surface area contributed by atoms with Crippen LogP contribution in [0.25, 0.3) is 22.7 Å². The molecule has 0 saturated carbocycles. The maximum Gasteiger partial charge on any atom is 0.351 e. The molecule has 0 saturated heterocycles. The van der Waals surface area contributed by atoms with Crippen molar-refractivity contribution in [3.8, 4) is 6.07 Å². The first-order chi connectivity index (χ1) is 14.4. The molecule has 30 heavy (non-hydrogen) atoms. The molecule has 10 heteroatoms. The number of fused-ring (bicyclic) bond motifs is 1. The van der Waals surface area contributed by atoms with E-state index in [1.807, 2.05) is 6.07 Å². The summed E-state index contributed by atoms with van der Waals surface area (Å²) in [6, 6.07) is 7.13. The largest absolute Gasteiger partial charge is 0.462 e. The molecular formula is C20H19N5O4S. The molecule has 0 radical (unpaired) electrons. The number of aromatic nitrogens is 2. The number of nitrogens with two attached hydrogens (primary N) is 1. The lowest BCUT2D eigenvalue weighted by Gasteiger charge is -2.01. The molecule has 1 aromatic carbocycles. The lowest BCUT2D eigenvalue weighted by atomic mass is 10.1. The number of primary amides is 1. The molecule has 3 rings (SSSR count). The summed E-state index contributed by atoms with van der Waals surface area (Å²) < 4.78 is 6.83. The molecule has 3 aromatic rings.